The number of hydrogen-bond donors (Lipinski definition) is 1. The van der Waals surface area contributed by atoms with Crippen molar-refractivity contribution in [3.63, 3.8) is 0 Å². The average Bonchev–Trinajstić information content (AvgIpc) is 3.11. The number of furan rings is 1. The number of rotatable bonds is 7. The molecule has 0 spiro atoms. The van der Waals surface area contributed by atoms with E-state index in [-0.39, 0.29) is 16.8 Å². The molecule has 0 radical (unpaired) electrons. The summed E-state index contributed by atoms with van der Waals surface area (Å²) < 4.78 is 25.2. The Labute approximate surface area is 167 Å². The standard InChI is InChI=1S/C20H21NO8/c1-11-13(19(23)27-4)8-12(29-11)6-7-18(22)21-15-10-17(26-3)16(25-2)9-14(15)20(24)28-5/h6-10H,1-5H3,(H,21,22)/b7-6+. The molecule has 1 aromatic heterocycles. The van der Waals surface area contributed by atoms with Crippen LogP contribution < -0.4 is 14.8 Å². The first-order valence-electron chi connectivity index (χ1n) is 8.36. The molecule has 2 rings (SSSR count). The average molecular weight is 403 g/mol. The van der Waals surface area contributed by atoms with Gasteiger partial charge in [-0.2, -0.15) is 0 Å². The van der Waals surface area contributed by atoms with E-state index in [0.717, 1.165) is 0 Å². The van der Waals surface area contributed by atoms with E-state index < -0.39 is 17.8 Å². The zero-order valence-electron chi connectivity index (χ0n) is 16.7. The Kier molecular flexibility index (Phi) is 7.02. The summed E-state index contributed by atoms with van der Waals surface area (Å²) in [7, 11) is 5.34. The maximum absolute atomic E-state index is 12.3. The van der Waals surface area contributed by atoms with Gasteiger partial charge in [0.15, 0.2) is 11.5 Å². The molecule has 9 nitrogen and oxygen atoms in total. The van der Waals surface area contributed by atoms with Gasteiger partial charge >= 0.3 is 11.9 Å². The van der Waals surface area contributed by atoms with Crippen LogP contribution in [0.4, 0.5) is 5.69 Å². The SMILES string of the molecule is COC(=O)c1cc(OC)c(OC)cc1NC(=O)/C=C/c1cc(C(=O)OC)c(C)o1. The molecule has 1 N–H and O–H groups in total. The van der Waals surface area contributed by atoms with Gasteiger partial charge in [0.25, 0.3) is 0 Å². The topological polar surface area (TPSA) is 113 Å². The molecule has 1 heterocycles. The van der Waals surface area contributed by atoms with Crippen molar-refractivity contribution in [2.24, 2.45) is 0 Å². The Morgan fingerprint density at radius 2 is 1.48 bits per heavy atom. The smallest absolute Gasteiger partial charge is 0.341 e. The number of esters is 2. The minimum atomic E-state index is -0.658. The maximum atomic E-state index is 12.3. The summed E-state index contributed by atoms with van der Waals surface area (Å²) in [4.78, 5) is 36.0. The summed E-state index contributed by atoms with van der Waals surface area (Å²) >= 11 is 0. The summed E-state index contributed by atoms with van der Waals surface area (Å²) in [6, 6.07) is 4.31. The van der Waals surface area contributed by atoms with Crippen LogP contribution in [0.25, 0.3) is 6.08 Å². The number of carbonyl (C=O) groups is 3. The number of carbonyl (C=O) groups excluding carboxylic acids is 3. The highest BCUT2D eigenvalue weighted by molar-refractivity contribution is 6.07. The Morgan fingerprint density at radius 3 is 2.07 bits per heavy atom. The highest BCUT2D eigenvalue weighted by Crippen LogP contribution is 2.33. The number of ether oxygens (including phenoxy) is 4. The van der Waals surface area contributed by atoms with Crippen LogP contribution in [-0.4, -0.2) is 46.3 Å². The van der Waals surface area contributed by atoms with Gasteiger partial charge in [-0.25, -0.2) is 9.59 Å². The Bertz CT molecular complexity index is 958. The zero-order chi connectivity index (χ0) is 21.6. The fraction of sp³-hybridized carbons (Fsp3) is 0.250. The lowest BCUT2D eigenvalue weighted by Gasteiger charge is -2.13. The molecule has 0 unspecified atom stereocenters. The van der Waals surface area contributed by atoms with Crippen molar-refractivity contribution in [1.82, 2.24) is 0 Å². The Balaban J connectivity index is 2.27. The lowest BCUT2D eigenvalue weighted by Crippen LogP contribution is -2.13. The van der Waals surface area contributed by atoms with E-state index in [9.17, 15) is 14.4 Å². The molecule has 0 atom stereocenters. The van der Waals surface area contributed by atoms with Gasteiger partial charge in [-0.05, 0) is 19.1 Å². The van der Waals surface area contributed by atoms with E-state index in [2.05, 4.69) is 10.1 Å². The molecule has 1 aromatic carbocycles. The number of methoxy groups -OCH3 is 4. The van der Waals surface area contributed by atoms with E-state index in [4.69, 9.17) is 18.6 Å². The highest BCUT2D eigenvalue weighted by atomic mass is 16.5. The first-order chi connectivity index (χ1) is 13.8. The molecule has 0 bridgehead atoms. The second kappa shape index (κ2) is 9.45. The van der Waals surface area contributed by atoms with E-state index in [1.807, 2.05) is 0 Å². The van der Waals surface area contributed by atoms with Gasteiger partial charge in [-0.1, -0.05) is 0 Å². The quantitative estimate of drug-likeness (QED) is 0.555. The van der Waals surface area contributed by atoms with Crippen molar-refractivity contribution < 1.29 is 37.7 Å². The summed E-state index contributed by atoms with van der Waals surface area (Å²) in [5.74, 6) is -0.455. The van der Waals surface area contributed by atoms with E-state index in [1.165, 1.54) is 58.8 Å². The van der Waals surface area contributed by atoms with Crippen LogP contribution in [0, 0.1) is 6.92 Å². The van der Waals surface area contributed by atoms with Crippen LogP contribution in [0.2, 0.25) is 0 Å². The highest BCUT2D eigenvalue weighted by Gasteiger charge is 2.19. The van der Waals surface area contributed by atoms with Crippen LogP contribution in [0.15, 0.2) is 28.7 Å². The second-order valence-corrected chi connectivity index (χ2v) is 5.68. The number of aryl methyl sites for hydroxylation is 1. The van der Waals surface area contributed by atoms with Crippen LogP contribution in [0.3, 0.4) is 0 Å². The predicted octanol–water partition coefficient (Wildman–Crippen LogP) is 2.83. The minimum absolute atomic E-state index is 0.0914. The third-order valence-electron chi connectivity index (χ3n) is 3.93. The summed E-state index contributed by atoms with van der Waals surface area (Å²) in [5.41, 5.74) is 0.532. The van der Waals surface area contributed by atoms with Gasteiger partial charge in [0.05, 0.1) is 39.7 Å². The monoisotopic (exact) mass is 403 g/mol. The van der Waals surface area contributed by atoms with Crippen LogP contribution in [-0.2, 0) is 14.3 Å². The molecule has 0 fully saturated rings. The van der Waals surface area contributed by atoms with Crippen molar-refractivity contribution >= 4 is 29.6 Å². The van der Waals surface area contributed by atoms with E-state index in [1.54, 1.807) is 6.92 Å². The third-order valence-corrected chi connectivity index (χ3v) is 3.93. The summed E-state index contributed by atoms with van der Waals surface area (Å²) in [6.07, 6.45) is 2.57. The van der Waals surface area contributed by atoms with Gasteiger partial charge in [0.1, 0.15) is 17.1 Å². The minimum Gasteiger partial charge on any atom is -0.493 e. The van der Waals surface area contributed by atoms with Crippen LogP contribution >= 0.6 is 0 Å². The number of anilines is 1. The predicted molar refractivity (Wildman–Crippen MR) is 103 cm³/mol. The lowest BCUT2D eigenvalue weighted by atomic mass is 10.1. The molecule has 29 heavy (non-hydrogen) atoms. The maximum Gasteiger partial charge on any atom is 0.341 e. The van der Waals surface area contributed by atoms with Crippen molar-refractivity contribution in [3.05, 3.63) is 46.9 Å². The van der Waals surface area contributed by atoms with Crippen molar-refractivity contribution in [3.8, 4) is 11.5 Å². The number of hydrogen-bond acceptors (Lipinski definition) is 8. The number of nitrogens with one attached hydrogen (secondary N) is 1. The molecule has 0 saturated carbocycles. The molecule has 0 aliphatic carbocycles. The first-order valence-corrected chi connectivity index (χ1v) is 8.36. The normalized spacial score (nSPS) is 10.5. The molecule has 2 aromatic rings. The molecule has 9 heteroatoms. The van der Waals surface area contributed by atoms with E-state index in [0.29, 0.717) is 23.0 Å². The van der Waals surface area contributed by atoms with Gasteiger partial charge in [0, 0.05) is 18.2 Å². The molecule has 0 aliphatic rings. The fourth-order valence-electron chi connectivity index (χ4n) is 2.49. The fourth-order valence-corrected chi connectivity index (χ4v) is 2.49. The van der Waals surface area contributed by atoms with Crippen molar-refractivity contribution in [2.45, 2.75) is 6.92 Å². The largest absolute Gasteiger partial charge is 0.493 e. The van der Waals surface area contributed by atoms with Gasteiger partial charge in [-0.15, -0.1) is 0 Å². The molecular formula is C20H21NO8. The first kappa shape index (κ1) is 21.5. The molecular weight excluding hydrogens is 382 g/mol. The zero-order valence-corrected chi connectivity index (χ0v) is 16.7. The number of benzene rings is 1. The summed E-state index contributed by atoms with van der Waals surface area (Å²) in [6.45, 7) is 1.61. The van der Waals surface area contributed by atoms with Crippen LogP contribution in [0.5, 0.6) is 11.5 Å². The Hall–Kier alpha value is -3.75. The molecule has 1 amide bonds. The van der Waals surface area contributed by atoms with Gasteiger partial charge < -0.3 is 28.7 Å². The van der Waals surface area contributed by atoms with Crippen LogP contribution in [0.1, 0.15) is 32.2 Å². The Morgan fingerprint density at radius 1 is 0.897 bits per heavy atom. The second-order valence-electron chi connectivity index (χ2n) is 5.68. The lowest BCUT2D eigenvalue weighted by molar-refractivity contribution is -0.111. The third kappa shape index (κ3) is 4.95. The molecule has 154 valence electrons. The molecule has 0 aliphatic heterocycles. The van der Waals surface area contributed by atoms with Crippen molar-refractivity contribution in [2.75, 3.05) is 33.8 Å². The number of amides is 1. The van der Waals surface area contributed by atoms with Gasteiger partial charge in [0.2, 0.25) is 5.91 Å². The molecule has 0 saturated heterocycles. The summed E-state index contributed by atoms with van der Waals surface area (Å²) in [5, 5.41) is 2.58. The van der Waals surface area contributed by atoms with Gasteiger partial charge in [-0.3, -0.25) is 4.79 Å². The van der Waals surface area contributed by atoms with E-state index >= 15 is 0 Å². The van der Waals surface area contributed by atoms with Crippen molar-refractivity contribution in [1.29, 1.82) is 0 Å².